The van der Waals surface area contributed by atoms with Gasteiger partial charge in [-0.3, -0.25) is 0 Å². The standard InChI is InChI=1S/C6H4FNS/c7-4-1-2-5-6(3-4)9-8-5/h1-3,8H. The summed E-state index contributed by atoms with van der Waals surface area (Å²) in [6, 6.07) is 4.71. The highest BCUT2D eigenvalue weighted by atomic mass is 32.1. The van der Waals surface area contributed by atoms with Crippen molar-refractivity contribution in [3.8, 4) is 0 Å². The number of H-pyrrole nitrogens is 1. The molecule has 0 aliphatic carbocycles. The number of aromatic amines is 1. The maximum atomic E-state index is 12.3. The normalized spacial score (nSPS) is 10.8. The van der Waals surface area contributed by atoms with Crippen LogP contribution in [0.3, 0.4) is 0 Å². The van der Waals surface area contributed by atoms with Crippen LogP contribution in [0.2, 0.25) is 0 Å². The molecule has 1 aromatic heterocycles. The van der Waals surface area contributed by atoms with E-state index in [4.69, 9.17) is 0 Å². The lowest BCUT2D eigenvalue weighted by atomic mass is 10.3. The third kappa shape index (κ3) is 0.650. The molecule has 2 aromatic rings. The van der Waals surface area contributed by atoms with E-state index in [0.29, 0.717) is 0 Å². The van der Waals surface area contributed by atoms with Gasteiger partial charge in [0.1, 0.15) is 5.82 Å². The second-order valence-electron chi connectivity index (χ2n) is 1.84. The number of hydrogen-bond acceptors (Lipinski definition) is 1. The minimum absolute atomic E-state index is 0.164. The van der Waals surface area contributed by atoms with Crippen molar-refractivity contribution in [2.75, 3.05) is 0 Å². The van der Waals surface area contributed by atoms with Crippen LogP contribution in [-0.4, -0.2) is 4.37 Å². The minimum atomic E-state index is -0.164. The summed E-state index contributed by atoms with van der Waals surface area (Å²) in [5.74, 6) is -0.164. The van der Waals surface area contributed by atoms with Crippen molar-refractivity contribution < 1.29 is 4.39 Å². The SMILES string of the molecule is Fc1ccc2[nH]sc2c1. The summed E-state index contributed by atoms with van der Waals surface area (Å²) >= 11 is 1.45. The number of rotatable bonds is 0. The summed E-state index contributed by atoms with van der Waals surface area (Å²) in [4.78, 5) is 0. The Morgan fingerprint density at radius 3 is 2.78 bits per heavy atom. The predicted octanol–water partition coefficient (Wildman–Crippen LogP) is 2.37. The van der Waals surface area contributed by atoms with Crippen LogP contribution in [-0.2, 0) is 0 Å². The molecule has 0 atom stereocenters. The summed E-state index contributed by atoms with van der Waals surface area (Å²) in [6.45, 7) is 0. The first-order chi connectivity index (χ1) is 4.36. The lowest BCUT2D eigenvalue weighted by molar-refractivity contribution is 0.630. The van der Waals surface area contributed by atoms with Gasteiger partial charge in [-0.25, -0.2) is 4.39 Å². The maximum absolute atomic E-state index is 12.3. The van der Waals surface area contributed by atoms with E-state index in [2.05, 4.69) is 4.37 Å². The molecule has 0 amide bonds. The molecule has 1 nitrogen and oxygen atoms in total. The van der Waals surface area contributed by atoms with Crippen LogP contribution in [0.4, 0.5) is 4.39 Å². The van der Waals surface area contributed by atoms with Crippen molar-refractivity contribution >= 4 is 21.7 Å². The Morgan fingerprint density at radius 1 is 1.44 bits per heavy atom. The molecule has 0 saturated carbocycles. The van der Waals surface area contributed by atoms with Gasteiger partial charge < -0.3 is 4.37 Å². The van der Waals surface area contributed by atoms with Crippen LogP contribution in [0, 0.1) is 5.82 Å². The zero-order valence-corrected chi connectivity index (χ0v) is 5.33. The molecule has 1 N–H and O–H groups in total. The molecule has 0 fully saturated rings. The fraction of sp³-hybridized carbons (Fsp3) is 0. The van der Waals surface area contributed by atoms with Crippen molar-refractivity contribution in [2.45, 2.75) is 0 Å². The molecule has 46 valence electrons. The quantitative estimate of drug-likeness (QED) is 0.579. The van der Waals surface area contributed by atoms with Gasteiger partial charge in [-0.05, 0) is 18.2 Å². The van der Waals surface area contributed by atoms with Crippen molar-refractivity contribution in [3.63, 3.8) is 0 Å². The molecule has 0 bridgehead atoms. The Morgan fingerprint density at radius 2 is 2.33 bits per heavy atom. The highest BCUT2D eigenvalue weighted by Gasteiger charge is 1.97. The van der Waals surface area contributed by atoms with Gasteiger partial charge in [0.2, 0.25) is 0 Å². The van der Waals surface area contributed by atoms with Gasteiger partial charge >= 0.3 is 0 Å². The van der Waals surface area contributed by atoms with Gasteiger partial charge in [0.15, 0.2) is 0 Å². The predicted molar refractivity (Wildman–Crippen MR) is 36.1 cm³/mol. The lowest BCUT2D eigenvalue weighted by Crippen LogP contribution is -1.78. The fourth-order valence-electron chi connectivity index (χ4n) is 0.729. The van der Waals surface area contributed by atoms with Gasteiger partial charge in [-0.1, -0.05) is 11.5 Å². The Balaban J connectivity index is 2.78. The van der Waals surface area contributed by atoms with Crippen molar-refractivity contribution in [1.82, 2.24) is 4.37 Å². The van der Waals surface area contributed by atoms with Crippen molar-refractivity contribution in [3.05, 3.63) is 24.0 Å². The van der Waals surface area contributed by atoms with Gasteiger partial charge in [-0.2, -0.15) is 0 Å². The Hall–Kier alpha value is -0.830. The smallest absolute Gasteiger partial charge is 0.124 e. The van der Waals surface area contributed by atoms with Crippen LogP contribution >= 0.6 is 11.5 Å². The van der Waals surface area contributed by atoms with Gasteiger partial charge in [0.25, 0.3) is 0 Å². The molecular formula is C6H4FNS. The van der Waals surface area contributed by atoms with E-state index in [1.54, 1.807) is 6.07 Å². The number of fused-ring (bicyclic) bond motifs is 1. The van der Waals surface area contributed by atoms with Crippen LogP contribution < -0.4 is 0 Å². The first kappa shape index (κ1) is 4.99. The second-order valence-corrected chi connectivity index (χ2v) is 2.69. The molecule has 3 heteroatoms. The number of aromatic nitrogens is 1. The van der Waals surface area contributed by atoms with E-state index in [9.17, 15) is 4.39 Å². The van der Waals surface area contributed by atoms with E-state index in [1.807, 2.05) is 0 Å². The monoisotopic (exact) mass is 141 g/mol. The third-order valence-electron chi connectivity index (χ3n) is 1.21. The molecule has 0 radical (unpaired) electrons. The molecular weight excluding hydrogens is 137 g/mol. The molecule has 1 aromatic carbocycles. The summed E-state index contributed by atoms with van der Waals surface area (Å²) in [6.07, 6.45) is 0. The molecule has 9 heavy (non-hydrogen) atoms. The summed E-state index contributed by atoms with van der Waals surface area (Å²) < 4.78 is 16.3. The summed E-state index contributed by atoms with van der Waals surface area (Å²) in [5, 5.41) is 0. The Bertz CT molecular complexity index is 322. The fourth-order valence-corrected chi connectivity index (χ4v) is 1.37. The van der Waals surface area contributed by atoms with E-state index in [1.165, 1.54) is 23.7 Å². The zero-order chi connectivity index (χ0) is 6.27. The number of halogens is 1. The highest BCUT2D eigenvalue weighted by molar-refractivity contribution is 7.15. The van der Waals surface area contributed by atoms with Crippen LogP contribution in [0.5, 0.6) is 0 Å². The van der Waals surface area contributed by atoms with Crippen molar-refractivity contribution in [1.29, 1.82) is 0 Å². The average molecular weight is 141 g/mol. The largest absolute Gasteiger partial charge is 0.309 e. The Kier molecular flexibility index (Phi) is 0.873. The van der Waals surface area contributed by atoms with Gasteiger partial charge in [0, 0.05) is 0 Å². The Labute approximate surface area is 55.3 Å². The lowest BCUT2D eigenvalue weighted by Gasteiger charge is -1.98. The number of nitrogens with one attached hydrogen (secondary N) is 1. The molecule has 2 rings (SSSR count). The van der Waals surface area contributed by atoms with E-state index in [0.717, 1.165) is 10.2 Å². The summed E-state index contributed by atoms with van der Waals surface area (Å²) in [7, 11) is 0. The molecule has 0 aliphatic heterocycles. The van der Waals surface area contributed by atoms with Gasteiger partial charge in [-0.15, -0.1) is 0 Å². The maximum Gasteiger partial charge on any atom is 0.124 e. The molecule has 0 spiro atoms. The zero-order valence-electron chi connectivity index (χ0n) is 4.52. The molecule has 0 unspecified atom stereocenters. The number of hydrogen-bond donors (Lipinski definition) is 1. The highest BCUT2D eigenvalue weighted by Crippen LogP contribution is 2.19. The van der Waals surface area contributed by atoms with Crippen molar-refractivity contribution in [2.24, 2.45) is 0 Å². The van der Waals surface area contributed by atoms with Gasteiger partial charge in [0.05, 0.1) is 10.2 Å². The number of benzene rings is 1. The van der Waals surface area contributed by atoms with Crippen LogP contribution in [0.1, 0.15) is 0 Å². The first-order valence-electron chi connectivity index (χ1n) is 2.59. The molecule has 1 heterocycles. The van der Waals surface area contributed by atoms with Crippen LogP contribution in [0.25, 0.3) is 10.2 Å². The first-order valence-corrected chi connectivity index (χ1v) is 3.40. The minimum Gasteiger partial charge on any atom is -0.309 e. The van der Waals surface area contributed by atoms with E-state index < -0.39 is 0 Å². The average Bonchev–Trinajstić information content (AvgIpc) is 1.78. The topological polar surface area (TPSA) is 15.8 Å². The van der Waals surface area contributed by atoms with E-state index >= 15 is 0 Å². The van der Waals surface area contributed by atoms with Crippen LogP contribution in [0.15, 0.2) is 18.2 Å². The third-order valence-corrected chi connectivity index (χ3v) is 2.09. The molecule has 0 saturated heterocycles. The summed E-state index contributed by atoms with van der Waals surface area (Å²) in [5.41, 5.74) is 1.03. The van der Waals surface area contributed by atoms with E-state index in [-0.39, 0.29) is 5.82 Å². The molecule has 0 aliphatic rings. The second kappa shape index (κ2) is 1.57.